The van der Waals surface area contributed by atoms with Gasteiger partial charge in [0.15, 0.2) is 0 Å². The van der Waals surface area contributed by atoms with Crippen molar-refractivity contribution in [1.82, 2.24) is 0 Å². The molecule has 1 aromatic rings. The fourth-order valence-corrected chi connectivity index (χ4v) is 1.42. The molecule has 5 nitrogen and oxygen atoms in total. The molecule has 0 saturated heterocycles. The molecule has 1 atom stereocenters. The summed E-state index contributed by atoms with van der Waals surface area (Å²) in [6.07, 6.45) is 0. The molecule has 0 aliphatic rings. The van der Waals surface area contributed by atoms with Crippen LogP contribution in [-0.2, 0) is 9.53 Å². The van der Waals surface area contributed by atoms with E-state index in [1.165, 1.54) is 13.0 Å². The van der Waals surface area contributed by atoms with Crippen molar-refractivity contribution in [2.45, 2.75) is 18.9 Å². The number of phenols is 1. The Morgan fingerprint density at radius 1 is 1.63 bits per heavy atom. The van der Waals surface area contributed by atoms with Crippen molar-refractivity contribution in [3.05, 3.63) is 29.3 Å². The van der Waals surface area contributed by atoms with Crippen molar-refractivity contribution in [1.29, 1.82) is 5.26 Å². The van der Waals surface area contributed by atoms with E-state index < -0.39 is 29.2 Å². The van der Waals surface area contributed by atoms with Crippen LogP contribution >= 0.6 is 0 Å². The number of hydrogen-bond acceptors (Lipinski definition) is 5. The average molecular weight is 270 g/mol. The van der Waals surface area contributed by atoms with Crippen molar-refractivity contribution >= 4 is 5.97 Å². The first kappa shape index (κ1) is 14.9. The number of nitrogens with two attached hydrogens (primary N) is 1. The predicted octanol–water partition coefficient (Wildman–Crippen LogP) is 1.46. The maximum Gasteiger partial charge on any atom is 0.379 e. The number of carbonyl (C=O) groups is 1. The standard InChI is InChI=1S/C12H12F2N2O3/c1-2-19-11(18)12(13,14)10(16)8-5-7(6-15)3-4-9(8)17/h3-5,10,17H,2,16H2,1H3/t10-/m0/s1. The van der Waals surface area contributed by atoms with Crippen molar-refractivity contribution in [2.24, 2.45) is 5.73 Å². The first-order valence-corrected chi connectivity index (χ1v) is 5.38. The van der Waals surface area contributed by atoms with E-state index in [2.05, 4.69) is 4.74 Å². The average Bonchev–Trinajstić information content (AvgIpc) is 2.38. The first-order chi connectivity index (χ1) is 8.84. The first-order valence-electron chi connectivity index (χ1n) is 5.38. The number of nitrogens with zero attached hydrogens (tertiary/aromatic N) is 1. The molecule has 1 rings (SSSR count). The SMILES string of the molecule is CCOC(=O)C(F)(F)[C@@H](N)c1cc(C#N)ccc1O. The minimum atomic E-state index is -4.00. The van der Waals surface area contributed by atoms with Gasteiger partial charge in [0.1, 0.15) is 11.8 Å². The van der Waals surface area contributed by atoms with Crippen LogP contribution in [0.3, 0.4) is 0 Å². The number of carbonyl (C=O) groups excluding carboxylic acids is 1. The van der Waals surface area contributed by atoms with E-state index in [-0.39, 0.29) is 12.2 Å². The molecule has 0 aromatic heterocycles. The number of halogens is 2. The molecule has 0 fully saturated rings. The summed E-state index contributed by atoms with van der Waals surface area (Å²) in [6, 6.07) is 2.95. The minimum absolute atomic E-state index is 0.0444. The number of benzene rings is 1. The molecule has 0 aliphatic heterocycles. The number of aromatic hydroxyl groups is 1. The third-order valence-corrected chi connectivity index (χ3v) is 2.43. The van der Waals surface area contributed by atoms with Gasteiger partial charge in [0, 0.05) is 5.56 Å². The molecule has 102 valence electrons. The van der Waals surface area contributed by atoms with Gasteiger partial charge in [0.2, 0.25) is 0 Å². The zero-order valence-corrected chi connectivity index (χ0v) is 10.1. The number of phenolic OH excluding ortho intramolecular Hbond substituents is 1. The maximum atomic E-state index is 13.7. The van der Waals surface area contributed by atoms with Gasteiger partial charge >= 0.3 is 11.9 Å². The van der Waals surface area contributed by atoms with E-state index in [0.717, 1.165) is 12.1 Å². The van der Waals surface area contributed by atoms with Gasteiger partial charge in [-0.05, 0) is 25.1 Å². The lowest BCUT2D eigenvalue weighted by Crippen LogP contribution is -2.41. The molecule has 7 heteroatoms. The predicted molar refractivity (Wildman–Crippen MR) is 61.3 cm³/mol. The van der Waals surface area contributed by atoms with Crippen LogP contribution in [0.2, 0.25) is 0 Å². The van der Waals surface area contributed by atoms with E-state index in [0.29, 0.717) is 0 Å². The van der Waals surface area contributed by atoms with E-state index in [9.17, 15) is 18.7 Å². The fraction of sp³-hybridized carbons (Fsp3) is 0.333. The van der Waals surface area contributed by atoms with Crippen LogP contribution in [0.1, 0.15) is 24.1 Å². The molecule has 0 spiro atoms. The molecule has 0 heterocycles. The monoisotopic (exact) mass is 270 g/mol. The third kappa shape index (κ3) is 2.98. The normalized spacial score (nSPS) is 12.6. The Balaban J connectivity index is 3.15. The highest BCUT2D eigenvalue weighted by Gasteiger charge is 2.48. The van der Waals surface area contributed by atoms with Crippen LogP contribution in [0.5, 0.6) is 5.75 Å². The maximum absolute atomic E-state index is 13.7. The minimum Gasteiger partial charge on any atom is -0.508 e. The lowest BCUT2D eigenvalue weighted by Gasteiger charge is -2.22. The summed E-state index contributed by atoms with van der Waals surface area (Å²) >= 11 is 0. The van der Waals surface area contributed by atoms with Gasteiger partial charge in [0.05, 0.1) is 18.2 Å². The number of alkyl halides is 2. The zero-order valence-electron chi connectivity index (χ0n) is 10.1. The molecule has 0 aliphatic carbocycles. The van der Waals surface area contributed by atoms with Crippen LogP contribution in [0.15, 0.2) is 18.2 Å². The van der Waals surface area contributed by atoms with Crippen molar-refractivity contribution in [3.63, 3.8) is 0 Å². The van der Waals surface area contributed by atoms with Crippen molar-refractivity contribution in [3.8, 4) is 11.8 Å². The fourth-order valence-electron chi connectivity index (χ4n) is 1.42. The number of esters is 1. The lowest BCUT2D eigenvalue weighted by atomic mass is 9.98. The largest absolute Gasteiger partial charge is 0.508 e. The van der Waals surface area contributed by atoms with Crippen LogP contribution in [0.25, 0.3) is 0 Å². The summed E-state index contributed by atoms with van der Waals surface area (Å²) in [5.41, 5.74) is 4.96. The molecule has 0 unspecified atom stereocenters. The molecule has 0 amide bonds. The molecular formula is C12H12F2N2O3. The number of hydrogen-bond donors (Lipinski definition) is 2. The molecular weight excluding hydrogens is 258 g/mol. The van der Waals surface area contributed by atoms with Gasteiger partial charge in [-0.3, -0.25) is 0 Å². The van der Waals surface area contributed by atoms with Crippen LogP contribution < -0.4 is 5.73 Å². The Morgan fingerprint density at radius 2 is 2.26 bits per heavy atom. The lowest BCUT2D eigenvalue weighted by molar-refractivity contribution is -0.174. The summed E-state index contributed by atoms with van der Waals surface area (Å²) in [4.78, 5) is 11.1. The van der Waals surface area contributed by atoms with Crippen LogP contribution in [0.4, 0.5) is 8.78 Å². The smallest absolute Gasteiger partial charge is 0.379 e. The highest BCUT2D eigenvalue weighted by Crippen LogP contribution is 2.35. The van der Waals surface area contributed by atoms with Crippen LogP contribution in [-0.4, -0.2) is 23.6 Å². The Morgan fingerprint density at radius 3 is 2.79 bits per heavy atom. The number of rotatable bonds is 4. The summed E-state index contributed by atoms with van der Waals surface area (Å²) in [5, 5.41) is 18.2. The van der Waals surface area contributed by atoms with E-state index in [1.807, 2.05) is 0 Å². The van der Waals surface area contributed by atoms with E-state index in [4.69, 9.17) is 11.0 Å². The molecule has 3 N–H and O–H groups in total. The van der Waals surface area contributed by atoms with Crippen molar-refractivity contribution < 1.29 is 23.4 Å². The van der Waals surface area contributed by atoms with Gasteiger partial charge in [-0.2, -0.15) is 14.0 Å². The van der Waals surface area contributed by atoms with E-state index in [1.54, 1.807) is 6.07 Å². The van der Waals surface area contributed by atoms with E-state index >= 15 is 0 Å². The Bertz CT molecular complexity index is 526. The molecule has 1 aromatic carbocycles. The van der Waals surface area contributed by atoms with Gasteiger partial charge in [0.25, 0.3) is 0 Å². The van der Waals surface area contributed by atoms with Crippen molar-refractivity contribution in [2.75, 3.05) is 6.61 Å². The Hall–Kier alpha value is -2.20. The summed E-state index contributed by atoms with van der Waals surface area (Å²) in [6.45, 7) is 1.17. The second-order valence-electron chi connectivity index (χ2n) is 3.71. The molecule has 0 bridgehead atoms. The topological polar surface area (TPSA) is 96.3 Å². The number of ether oxygens (including phenoxy) is 1. The quantitative estimate of drug-likeness (QED) is 0.807. The van der Waals surface area contributed by atoms with Gasteiger partial charge in [-0.15, -0.1) is 0 Å². The summed E-state index contributed by atoms with van der Waals surface area (Å²) in [7, 11) is 0. The summed E-state index contributed by atoms with van der Waals surface area (Å²) in [5.74, 6) is -6.29. The van der Waals surface area contributed by atoms with Crippen LogP contribution in [0, 0.1) is 11.3 Å². The zero-order chi connectivity index (χ0) is 14.6. The molecule has 0 radical (unpaired) electrons. The highest BCUT2D eigenvalue weighted by atomic mass is 19.3. The van der Waals surface area contributed by atoms with Gasteiger partial charge in [-0.25, -0.2) is 4.79 Å². The van der Waals surface area contributed by atoms with Gasteiger partial charge in [-0.1, -0.05) is 0 Å². The second kappa shape index (κ2) is 5.63. The molecule has 0 saturated carbocycles. The Kier molecular flexibility index (Phi) is 4.40. The third-order valence-electron chi connectivity index (χ3n) is 2.43. The number of nitriles is 1. The second-order valence-corrected chi connectivity index (χ2v) is 3.71. The summed E-state index contributed by atoms with van der Waals surface area (Å²) < 4.78 is 31.6. The molecule has 19 heavy (non-hydrogen) atoms. The van der Waals surface area contributed by atoms with Gasteiger partial charge < -0.3 is 15.6 Å². The Labute approximate surface area is 108 Å². The highest BCUT2D eigenvalue weighted by molar-refractivity contribution is 5.79.